The summed E-state index contributed by atoms with van der Waals surface area (Å²) in [5.74, 6) is -0.235. The smallest absolute Gasteiger partial charge is 0.363 e. The number of aryl methyl sites for hydroxylation is 1. The van der Waals surface area contributed by atoms with Crippen molar-refractivity contribution in [1.82, 2.24) is 0 Å². The lowest BCUT2D eigenvalue weighted by Crippen LogP contribution is -2.09. The average Bonchev–Trinajstić information content (AvgIpc) is 3.20. The highest BCUT2D eigenvalue weighted by atomic mass is 16.6. The van der Waals surface area contributed by atoms with Crippen molar-refractivity contribution in [1.29, 1.82) is 0 Å². The van der Waals surface area contributed by atoms with E-state index >= 15 is 0 Å². The van der Waals surface area contributed by atoms with E-state index < -0.39 is 11.9 Å². The fourth-order valence-electron chi connectivity index (χ4n) is 3.58. The van der Waals surface area contributed by atoms with Gasteiger partial charge < -0.3 is 9.47 Å². The number of aliphatic imine (C=N–C) groups is 1. The second-order valence-corrected chi connectivity index (χ2v) is 7.69. The van der Waals surface area contributed by atoms with E-state index in [1.807, 2.05) is 67.6 Å². The molecule has 1 aliphatic heterocycles. The lowest BCUT2D eigenvalue weighted by atomic mass is 10.0. The van der Waals surface area contributed by atoms with E-state index in [2.05, 4.69) is 4.99 Å². The largest absolute Gasteiger partial charge is 0.423 e. The highest BCUT2D eigenvalue weighted by molar-refractivity contribution is 6.12. The van der Waals surface area contributed by atoms with Crippen LogP contribution in [0.3, 0.4) is 0 Å². The summed E-state index contributed by atoms with van der Waals surface area (Å²) in [6, 6.07) is 27.7. The van der Waals surface area contributed by atoms with Gasteiger partial charge in [0.2, 0.25) is 5.90 Å². The van der Waals surface area contributed by atoms with Gasteiger partial charge in [0.1, 0.15) is 5.75 Å². The Morgan fingerprint density at radius 3 is 2.39 bits per heavy atom. The molecule has 1 heterocycles. The van der Waals surface area contributed by atoms with Gasteiger partial charge in [0.15, 0.2) is 5.70 Å². The Labute approximate surface area is 190 Å². The topological polar surface area (TPSA) is 65.0 Å². The number of cyclic esters (lactones) is 1. The summed E-state index contributed by atoms with van der Waals surface area (Å²) in [7, 11) is 0. The van der Waals surface area contributed by atoms with Crippen LogP contribution in [0.1, 0.15) is 27.0 Å². The molecule has 5 rings (SSSR count). The molecule has 0 unspecified atom stereocenters. The van der Waals surface area contributed by atoms with Crippen LogP contribution in [-0.4, -0.2) is 17.8 Å². The molecule has 1 aliphatic rings. The van der Waals surface area contributed by atoms with Crippen LogP contribution in [0.4, 0.5) is 0 Å². The number of benzene rings is 4. The van der Waals surface area contributed by atoms with Crippen molar-refractivity contribution in [2.24, 2.45) is 4.99 Å². The highest BCUT2D eigenvalue weighted by Crippen LogP contribution is 2.23. The molecule has 0 saturated carbocycles. The van der Waals surface area contributed by atoms with Gasteiger partial charge in [-0.05, 0) is 59.7 Å². The Morgan fingerprint density at radius 2 is 1.61 bits per heavy atom. The van der Waals surface area contributed by atoms with Gasteiger partial charge in [0.05, 0.1) is 5.56 Å². The predicted molar refractivity (Wildman–Crippen MR) is 127 cm³/mol. The van der Waals surface area contributed by atoms with Crippen LogP contribution in [0.5, 0.6) is 5.75 Å². The molecule has 0 spiro atoms. The lowest BCUT2D eigenvalue weighted by Gasteiger charge is -2.07. The Bertz CT molecular complexity index is 1430. The summed E-state index contributed by atoms with van der Waals surface area (Å²) in [4.78, 5) is 29.3. The standard InChI is InChI=1S/C28H19NO4/c1-18-9-13-21(14-10-18)26-29-25(28(31)33-26)17-19-11-15-22(16-12-19)32-27(30)24-8-4-6-20-5-2-3-7-23(20)24/h2-17H,1H3/b25-17+. The Kier molecular flexibility index (Phi) is 5.29. The molecule has 0 aliphatic carbocycles. The molecule has 0 atom stereocenters. The number of carbonyl (C=O) groups is 2. The average molecular weight is 433 g/mol. The summed E-state index contributed by atoms with van der Waals surface area (Å²) in [5, 5.41) is 1.82. The maximum absolute atomic E-state index is 12.7. The third kappa shape index (κ3) is 4.29. The van der Waals surface area contributed by atoms with Crippen molar-refractivity contribution in [3.63, 3.8) is 0 Å². The quantitative estimate of drug-likeness (QED) is 0.235. The maximum atomic E-state index is 12.7. The van der Waals surface area contributed by atoms with Crippen LogP contribution in [0.2, 0.25) is 0 Å². The molecule has 0 saturated heterocycles. The van der Waals surface area contributed by atoms with Crippen molar-refractivity contribution in [2.75, 3.05) is 0 Å². The molecule has 0 radical (unpaired) electrons. The van der Waals surface area contributed by atoms with Crippen molar-refractivity contribution in [3.05, 3.63) is 119 Å². The van der Waals surface area contributed by atoms with Gasteiger partial charge in [-0.15, -0.1) is 0 Å². The Morgan fingerprint density at radius 1 is 0.879 bits per heavy atom. The molecule has 0 bridgehead atoms. The molecular weight excluding hydrogens is 414 g/mol. The first kappa shape index (κ1) is 20.4. The van der Waals surface area contributed by atoms with Crippen LogP contribution in [-0.2, 0) is 9.53 Å². The minimum atomic E-state index is -0.503. The molecule has 0 amide bonds. The van der Waals surface area contributed by atoms with Crippen molar-refractivity contribution < 1.29 is 19.1 Å². The molecule has 160 valence electrons. The van der Waals surface area contributed by atoms with Gasteiger partial charge in [-0.1, -0.05) is 66.2 Å². The monoisotopic (exact) mass is 433 g/mol. The van der Waals surface area contributed by atoms with Crippen LogP contribution >= 0.6 is 0 Å². The van der Waals surface area contributed by atoms with Crippen LogP contribution in [0.25, 0.3) is 16.8 Å². The van der Waals surface area contributed by atoms with E-state index in [4.69, 9.17) is 9.47 Å². The minimum Gasteiger partial charge on any atom is -0.423 e. The number of rotatable bonds is 4. The maximum Gasteiger partial charge on any atom is 0.363 e. The first-order chi connectivity index (χ1) is 16.1. The van der Waals surface area contributed by atoms with Crippen LogP contribution in [0.15, 0.2) is 102 Å². The zero-order chi connectivity index (χ0) is 22.8. The Hall–Kier alpha value is -4.51. The SMILES string of the molecule is Cc1ccc(C2=N/C(=C/c3ccc(OC(=O)c4cccc5ccccc45)cc3)C(=O)O2)cc1. The van der Waals surface area contributed by atoms with E-state index in [0.717, 1.165) is 27.5 Å². The predicted octanol–water partition coefficient (Wildman–Crippen LogP) is 5.71. The van der Waals surface area contributed by atoms with E-state index in [1.54, 1.807) is 36.4 Å². The molecule has 0 N–H and O–H groups in total. The zero-order valence-electron chi connectivity index (χ0n) is 17.8. The Balaban J connectivity index is 1.33. The molecule has 0 fully saturated rings. The van der Waals surface area contributed by atoms with Gasteiger partial charge in [0.25, 0.3) is 0 Å². The number of fused-ring (bicyclic) bond motifs is 1. The number of hydrogen-bond donors (Lipinski definition) is 0. The van der Waals surface area contributed by atoms with Gasteiger partial charge in [-0.25, -0.2) is 14.6 Å². The second-order valence-electron chi connectivity index (χ2n) is 7.69. The molecule has 5 nitrogen and oxygen atoms in total. The van der Waals surface area contributed by atoms with E-state index in [9.17, 15) is 9.59 Å². The third-order valence-corrected chi connectivity index (χ3v) is 5.32. The van der Waals surface area contributed by atoms with Gasteiger partial charge >= 0.3 is 11.9 Å². The first-order valence-corrected chi connectivity index (χ1v) is 10.5. The van der Waals surface area contributed by atoms with Gasteiger partial charge in [-0.2, -0.15) is 0 Å². The number of esters is 2. The summed E-state index contributed by atoms with van der Waals surface area (Å²) in [6.07, 6.45) is 1.64. The van der Waals surface area contributed by atoms with Gasteiger partial charge in [-0.3, -0.25) is 0 Å². The number of nitrogens with zero attached hydrogens (tertiary/aromatic N) is 1. The minimum absolute atomic E-state index is 0.214. The normalized spacial score (nSPS) is 14.3. The first-order valence-electron chi connectivity index (χ1n) is 10.5. The van der Waals surface area contributed by atoms with Crippen LogP contribution in [0, 0.1) is 6.92 Å². The number of hydrogen-bond acceptors (Lipinski definition) is 5. The molecule has 4 aromatic rings. The fourth-order valence-corrected chi connectivity index (χ4v) is 3.58. The molecule has 0 aromatic heterocycles. The molecule has 33 heavy (non-hydrogen) atoms. The van der Waals surface area contributed by atoms with Crippen LogP contribution < -0.4 is 4.74 Å². The lowest BCUT2D eigenvalue weighted by molar-refractivity contribution is -0.129. The molecule has 5 heteroatoms. The summed E-state index contributed by atoms with van der Waals surface area (Å²) < 4.78 is 10.9. The van der Waals surface area contributed by atoms with Crippen molar-refractivity contribution in [2.45, 2.75) is 6.92 Å². The van der Waals surface area contributed by atoms with E-state index in [0.29, 0.717) is 11.3 Å². The van der Waals surface area contributed by atoms with E-state index in [-0.39, 0.29) is 11.6 Å². The highest BCUT2D eigenvalue weighted by Gasteiger charge is 2.24. The number of carbonyl (C=O) groups excluding carboxylic acids is 2. The fraction of sp³-hybridized carbons (Fsp3) is 0.0357. The zero-order valence-corrected chi connectivity index (χ0v) is 17.8. The summed E-state index contributed by atoms with van der Waals surface area (Å²) in [6.45, 7) is 1.99. The van der Waals surface area contributed by atoms with Crippen molar-refractivity contribution >= 4 is 34.7 Å². The van der Waals surface area contributed by atoms with Gasteiger partial charge in [0, 0.05) is 5.56 Å². The van der Waals surface area contributed by atoms with E-state index in [1.165, 1.54) is 0 Å². The summed E-state index contributed by atoms with van der Waals surface area (Å²) in [5.41, 5.74) is 3.31. The van der Waals surface area contributed by atoms with Crippen molar-refractivity contribution in [3.8, 4) is 5.75 Å². The second kappa shape index (κ2) is 8.55. The molecule has 4 aromatic carbocycles. The number of ether oxygens (including phenoxy) is 2. The third-order valence-electron chi connectivity index (χ3n) is 5.32. The molecular formula is C28H19NO4. The summed E-state index contributed by atoms with van der Waals surface area (Å²) >= 11 is 0.